The first-order chi connectivity index (χ1) is 20.3. The first kappa shape index (κ1) is 32.3. The van der Waals surface area contributed by atoms with Gasteiger partial charge in [-0.1, -0.05) is 13.8 Å². The highest BCUT2D eigenvalue weighted by atomic mass is 16.5. The number of hydrogen-bond donors (Lipinski definition) is 0. The molecule has 4 rings (SSSR count). The highest BCUT2D eigenvalue weighted by molar-refractivity contribution is 5.95. The summed E-state index contributed by atoms with van der Waals surface area (Å²) >= 11 is 0. The van der Waals surface area contributed by atoms with Crippen LogP contribution in [0.5, 0.6) is 0 Å². The number of aromatic nitrogens is 4. The number of hydrogen-bond acceptors (Lipinski definition) is 13. The molecule has 2 aromatic rings. The van der Waals surface area contributed by atoms with Gasteiger partial charge < -0.3 is 43.3 Å². The molecule has 13 heteroatoms. The molecule has 0 spiro atoms. The molecule has 0 saturated carbocycles. The van der Waals surface area contributed by atoms with Gasteiger partial charge in [-0.05, 0) is 18.3 Å². The van der Waals surface area contributed by atoms with Crippen LogP contribution in [0.2, 0.25) is 0 Å². The van der Waals surface area contributed by atoms with Crippen LogP contribution in [0.15, 0.2) is 0 Å². The SMILES string of the molecule is COCCN(CCOC)c1nc(N2CC(C)(C)C2)c2nc(N(CCOC)CCOC)nc(N3CCC(OC)CC3)c2n1. The Balaban J connectivity index is 1.89. The summed E-state index contributed by atoms with van der Waals surface area (Å²) in [6.45, 7) is 12.8. The van der Waals surface area contributed by atoms with Gasteiger partial charge in [-0.25, -0.2) is 9.97 Å². The van der Waals surface area contributed by atoms with E-state index >= 15 is 0 Å². The Morgan fingerprint density at radius 2 is 1.05 bits per heavy atom. The Morgan fingerprint density at radius 1 is 0.643 bits per heavy atom. The van der Waals surface area contributed by atoms with Gasteiger partial charge in [0.15, 0.2) is 11.6 Å². The minimum Gasteiger partial charge on any atom is -0.383 e. The number of piperidine rings is 1. The maximum absolute atomic E-state index is 5.67. The molecule has 4 heterocycles. The lowest BCUT2D eigenvalue weighted by molar-refractivity contribution is 0.0818. The predicted molar refractivity (Wildman–Crippen MR) is 165 cm³/mol. The zero-order valence-corrected chi connectivity index (χ0v) is 26.6. The van der Waals surface area contributed by atoms with Crippen molar-refractivity contribution < 1.29 is 23.7 Å². The van der Waals surface area contributed by atoms with Crippen molar-refractivity contribution in [1.82, 2.24) is 19.9 Å². The van der Waals surface area contributed by atoms with Crippen molar-refractivity contribution in [1.29, 1.82) is 0 Å². The summed E-state index contributed by atoms with van der Waals surface area (Å²) in [6.07, 6.45) is 2.09. The van der Waals surface area contributed by atoms with Crippen LogP contribution in [-0.2, 0) is 23.7 Å². The number of anilines is 4. The van der Waals surface area contributed by atoms with Gasteiger partial charge in [0, 0.05) is 87.9 Å². The summed E-state index contributed by atoms with van der Waals surface area (Å²) in [6, 6.07) is 0. The monoisotopic (exact) mass is 590 g/mol. The maximum atomic E-state index is 5.67. The van der Waals surface area contributed by atoms with Gasteiger partial charge >= 0.3 is 0 Å². The highest BCUT2D eigenvalue weighted by Gasteiger charge is 2.37. The molecule has 2 aliphatic rings. The molecule has 0 bridgehead atoms. The van der Waals surface area contributed by atoms with Gasteiger partial charge in [0.25, 0.3) is 0 Å². The largest absolute Gasteiger partial charge is 0.383 e. The fourth-order valence-corrected chi connectivity index (χ4v) is 5.56. The third-order valence-electron chi connectivity index (χ3n) is 7.92. The Bertz CT molecular complexity index is 1110. The van der Waals surface area contributed by atoms with Crippen LogP contribution in [0.1, 0.15) is 26.7 Å². The van der Waals surface area contributed by atoms with Crippen LogP contribution in [0, 0.1) is 5.41 Å². The Morgan fingerprint density at radius 3 is 1.40 bits per heavy atom. The fourth-order valence-electron chi connectivity index (χ4n) is 5.56. The number of fused-ring (bicyclic) bond motifs is 1. The molecule has 0 aliphatic carbocycles. The van der Waals surface area contributed by atoms with Crippen molar-refractivity contribution >= 4 is 34.6 Å². The number of ether oxygens (including phenoxy) is 5. The Kier molecular flexibility index (Phi) is 11.7. The van der Waals surface area contributed by atoms with E-state index in [1.165, 1.54) is 0 Å². The van der Waals surface area contributed by atoms with E-state index in [1.54, 1.807) is 35.5 Å². The summed E-state index contributed by atoms with van der Waals surface area (Å²) in [7, 11) is 8.62. The zero-order chi connectivity index (χ0) is 30.1. The van der Waals surface area contributed by atoms with Crippen molar-refractivity contribution in [3.63, 3.8) is 0 Å². The van der Waals surface area contributed by atoms with Crippen LogP contribution in [-0.4, -0.2) is 140 Å². The highest BCUT2D eigenvalue weighted by Crippen LogP contribution is 2.39. The zero-order valence-electron chi connectivity index (χ0n) is 26.6. The minimum absolute atomic E-state index is 0.201. The summed E-state index contributed by atoms with van der Waals surface area (Å²) < 4.78 is 27.4. The normalized spacial score (nSPS) is 17.1. The van der Waals surface area contributed by atoms with E-state index in [2.05, 4.69) is 33.4 Å². The van der Waals surface area contributed by atoms with Gasteiger partial charge in [-0.2, -0.15) is 9.97 Å². The molecule has 13 nitrogen and oxygen atoms in total. The van der Waals surface area contributed by atoms with Crippen molar-refractivity contribution in [2.45, 2.75) is 32.8 Å². The maximum Gasteiger partial charge on any atom is 0.228 e. The van der Waals surface area contributed by atoms with E-state index in [0.717, 1.165) is 61.7 Å². The number of methoxy groups -OCH3 is 5. The first-order valence-electron chi connectivity index (χ1n) is 14.9. The summed E-state index contributed by atoms with van der Waals surface area (Å²) in [5.41, 5.74) is 1.73. The number of rotatable bonds is 17. The number of nitrogens with zero attached hydrogens (tertiary/aromatic N) is 8. The molecular formula is C29H50N8O5. The second-order valence-electron chi connectivity index (χ2n) is 11.8. The fraction of sp³-hybridized carbons (Fsp3) is 0.793. The summed E-state index contributed by atoms with van der Waals surface area (Å²) in [5.74, 6) is 2.93. The first-order valence-corrected chi connectivity index (χ1v) is 14.9. The van der Waals surface area contributed by atoms with Gasteiger partial charge in [0.05, 0.1) is 32.5 Å². The average molecular weight is 591 g/mol. The van der Waals surface area contributed by atoms with Gasteiger partial charge in [0.1, 0.15) is 11.0 Å². The van der Waals surface area contributed by atoms with Gasteiger partial charge in [0.2, 0.25) is 11.9 Å². The second kappa shape index (κ2) is 15.2. The lowest BCUT2D eigenvalue weighted by atomic mass is 9.84. The van der Waals surface area contributed by atoms with E-state index in [-0.39, 0.29) is 11.5 Å². The quantitative estimate of drug-likeness (QED) is 0.268. The van der Waals surface area contributed by atoms with Crippen LogP contribution >= 0.6 is 0 Å². The molecule has 0 aromatic carbocycles. The van der Waals surface area contributed by atoms with Gasteiger partial charge in [-0.3, -0.25) is 0 Å². The predicted octanol–water partition coefficient (Wildman–Crippen LogP) is 2.08. The Labute approximate surface area is 250 Å². The van der Waals surface area contributed by atoms with Gasteiger partial charge in [-0.15, -0.1) is 0 Å². The lowest BCUT2D eigenvalue weighted by Crippen LogP contribution is -2.53. The molecular weight excluding hydrogens is 540 g/mol. The lowest BCUT2D eigenvalue weighted by Gasteiger charge is -2.46. The topological polar surface area (TPSA) is 111 Å². The molecule has 0 amide bonds. The molecule has 2 aromatic heterocycles. The molecule has 0 N–H and O–H groups in total. The molecule has 0 radical (unpaired) electrons. The average Bonchev–Trinajstić information content (AvgIpc) is 2.99. The third kappa shape index (κ3) is 7.87. The molecule has 42 heavy (non-hydrogen) atoms. The van der Waals surface area contributed by atoms with Crippen LogP contribution in [0.3, 0.4) is 0 Å². The van der Waals surface area contributed by atoms with E-state index in [9.17, 15) is 0 Å². The van der Waals surface area contributed by atoms with E-state index < -0.39 is 0 Å². The Hall–Kier alpha value is -2.58. The third-order valence-corrected chi connectivity index (χ3v) is 7.92. The van der Waals surface area contributed by atoms with Crippen molar-refractivity contribution in [3.8, 4) is 0 Å². The van der Waals surface area contributed by atoms with Crippen molar-refractivity contribution in [2.24, 2.45) is 5.41 Å². The van der Waals surface area contributed by atoms with Crippen molar-refractivity contribution in [2.75, 3.05) is 134 Å². The molecule has 2 saturated heterocycles. The standard InChI is InChI=1S/C29H50N8O5/c1-29(2)20-37(21-29)26-24-23(30-28(33-26)36(14-18-40-5)15-19-41-6)25(34-10-8-22(42-7)9-11-34)32-27(31-24)35(12-16-38-3)13-17-39-4/h22H,8-21H2,1-7H3. The van der Waals surface area contributed by atoms with Crippen molar-refractivity contribution in [3.05, 3.63) is 0 Å². The second-order valence-corrected chi connectivity index (χ2v) is 11.8. The van der Waals surface area contributed by atoms with E-state index in [0.29, 0.717) is 64.5 Å². The van der Waals surface area contributed by atoms with Crippen LogP contribution in [0.25, 0.3) is 11.0 Å². The van der Waals surface area contributed by atoms with Crippen LogP contribution in [0.4, 0.5) is 23.5 Å². The molecule has 0 atom stereocenters. The molecule has 0 unspecified atom stereocenters. The molecule has 2 fully saturated rings. The minimum atomic E-state index is 0.201. The smallest absolute Gasteiger partial charge is 0.228 e. The van der Waals surface area contributed by atoms with E-state index in [1.807, 2.05) is 0 Å². The summed E-state index contributed by atoms with van der Waals surface area (Å²) in [4.78, 5) is 29.6. The van der Waals surface area contributed by atoms with E-state index in [4.69, 9.17) is 43.6 Å². The van der Waals surface area contributed by atoms with Crippen LogP contribution < -0.4 is 19.6 Å². The summed E-state index contributed by atoms with van der Waals surface area (Å²) in [5, 5.41) is 0. The molecule has 2 aliphatic heterocycles. The molecule has 236 valence electrons.